The zero-order valence-corrected chi connectivity index (χ0v) is 18.4. The average molecular weight is 428 g/mol. The minimum absolute atomic E-state index is 0.0875. The van der Waals surface area contributed by atoms with Crippen LogP contribution in [0.5, 0.6) is 0 Å². The van der Waals surface area contributed by atoms with E-state index in [9.17, 15) is 9.59 Å². The summed E-state index contributed by atoms with van der Waals surface area (Å²) in [7, 11) is 0. The highest BCUT2D eigenvalue weighted by atomic mass is 16.6. The molecule has 0 aliphatic carbocycles. The van der Waals surface area contributed by atoms with Crippen LogP contribution in [0, 0.1) is 0 Å². The topological polar surface area (TPSA) is 46.6 Å². The molecule has 1 aliphatic heterocycles. The molecule has 0 amide bonds. The van der Waals surface area contributed by atoms with Gasteiger partial charge in [-0.1, -0.05) is 85.8 Å². The number of cyclic esters (lactones) is 1. The summed E-state index contributed by atoms with van der Waals surface area (Å²) in [5.74, 6) is -0.550. The molecule has 4 heteroatoms. The largest absolute Gasteiger partial charge is 0.452 e. The molecule has 2 unspecified atom stereocenters. The molecule has 3 aromatic rings. The summed E-state index contributed by atoms with van der Waals surface area (Å²) < 4.78 is 6.21. The minimum Gasteiger partial charge on any atom is -0.452 e. The Morgan fingerprint density at radius 3 is 2.06 bits per heavy atom. The summed E-state index contributed by atoms with van der Waals surface area (Å²) in [6.07, 6.45) is 2.28. The molecule has 164 valence electrons. The van der Waals surface area contributed by atoms with Crippen molar-refractivity contribution in [2.24, 2.45) is 0 Å². The van der Waals surface area contributed by atoms with E-state index in [1.807, 2.05) is 90.7 Å². The summed E-state index contributed by atoms with van der Waals surface area (Å²) in [6, 6.07) is 28.5. The van der Waals surface area contributed by atoms with Crippen molar-refractivity contribution < 1.29 is 14.3 Å². The number of rotatable bonds is 8. The van der Waals surface area contributed by atoms with Gasteiger partial charge in [0, 0.05) is 12.2 Å². The van der Waals surface area contributed by atoms with Crippen molar-refractivity contribution in [3.8, 4) is 0 Å². The highest BCUT2D eigenvalue weighted by Crippen LogP contribution is 2.40. The second-order valence-electron chi connectivity index (χ2n) is 8.34. The van der Waals surface area contributed by atoms with Crippen LogP contribution >= 0.6 is 0 Å². The van der Waals surface area contributed by atoms with Crippen molar-refractivity contribution in [2.45, 2.75) is 44.2 Å². The Morgan fingerprint density at radius 2 is 1.47 bits per heavy atom. The van der Waals surface area contributed by atoms with E-state index in [0.29, 0.717) is 13.0 Å². The van der Waals surface area contributed by atoms with Gasteiger partial charge in [-0.2, -0.15) is 0 Å². The molecule has 2 atom stereocenters. The molecular formula is C28H29NO3. The number of carbonyl (C=O) groups is 2. The van der Waals surface area contributed by atoms with Gasteiger partial charge in [0.25, 0.3) is 0 Å². The van der Waals surface area contributed by atoms with Crippen LogP contribution in [0.1, 0.15) is 37.3 Å². The van der Waals surface area contributed by atoms with Gasteiger partial charge < -0.3 is 9.64 Å². The molecule has 1 fully saturated rings. The van der Waals surface area contributed by atoms with Crippen molar-refractivity contribution in [3.63, 3.8) is 0 Å². The molecule has 4 rings (SSSR count). The quantitative estimate of drug-likeness (QED) is 0.361. The smallest absolute Gasteiger partial charge is 0.337 e. The Hall–Kier alpha value is -3.40. The Balaban J connectivity index is 1.64. The number of ether oxygens (including phenoxy) is 1. The van der Waals surface area contributed by atoms with E-state index < -0.39 is 17.6 Å². The van der Waals surface area contributed by atoms with Gasteiger partial charge in [-0.15, -0.1) is 0 Å². The number of hydrogen-bond donors (Lipinski definition) is 0. The van der Waals surface area contributed by atoms with E-state index in [1.165, 1.54) is 0 Å². The van der Waals surface area contributed by atoms with Crippen LogP contribution in [-0.4, -0.2) is 24.3 Å². The van der Waals surface area contributed by atoms with Crippen molar-refractivity contribution >= 4 is 17.4 Å². The van der Waals surface area contributed by atoms with Crippen molar-refractivity contribution in [1.82, 2.24) is 0 Å². The standard InChI is InChI=1S/C28H29NO3/c1-2-20-29(24-16-10-5-11-17-24)26-25(30)21-28(32-27(26)31,23-14-8-4-9-15-23)19-18-22-12-6-3-7-13-22/h3-17,26H,2,18-21H2,1H3. The maximum atomic E-state index is 13.6. The minimum atomic E-state index is -0.948. The van der Waals surface area contributed by atoms with Gasteiger partial charge in [0.15, 0.2) is 11.8 Å². The molecule has 0 spiro atoms. The van der Waals surface area contributed by atoms with E-state index in [1.54, 1.807) is 0 Å². The van der Waals surface area contributed by atoms with Crippen LogP contribution in [-0.2, 0) is 26.3 Å². The van der Waals surface area contributed by atoms with Crippen LogP contribution in [0.3, 0.4) is 0 Å². The highest BCUT2D eigenvalue weighted by Gasteiger charge is 2.49. The third-order valence-electron chi connectivity index (χ3n) is 6.11. The number of benzene rings is 3. The van der Waals surface area contributed by atoms with Crippen LogP contribution in [0.4, 0.5) is 5.69 Å². The lowest BCUT2D eigenvalue weighted by atomic mass is 9.80. The van der Waals surface area contributed by atoms with E-state index in [-0.39, 0.29) is 12.2 Å². The van der Waals surface area contributed by atoms with Crippen LogP contribution in [0.2, 0.25) is 0 Å². The predicted octanol–water partition coefficient (Wildman–Crippen LogP) is 5.32. The zero-order valence-electron chi connectivity index (χ0n) is 18.4. The summed E-state index contributed by atoms with van der Waals surface area (Å²) in [6.45, 7) is 2.65. The lowest BCUT2D eigenvalue weighted by Gasteiger charge is -2.42. The average Bonchev–Trinajstić information content (AvgIpc) is 2.83. The molecule has 1 aliphatic rings. The molecular weight excluding hydrogens is 398 g/mol. The molecule has 0 bridgehead atoms. The first-order chi connectivity index (χ1) is 15.6. The van der Waals surface area contributed by atoms with Gasteiger partial charge in [-0.25, -0.2) is 4.79 Å². The summed E-state index contributed by atoms with van der Waals surface area (Å²) in [5, 5.41) is 0. The number of esters is 1. The first-order valence-electron chi connectivity index (χ1n) is 11.3. The maximum Gasteiger partial charge on any atom is 0.337 e. The monoisotopic (exact) mass is 427 g/mol. The molecule has 0 radical (unpaired) electrons. The van der Waals surface area contributed by atoms with E-state index in [4.69, 9.17) is 4.74 Å². The Morgan fingerprint density at radius 1 is 0.875 bits per heavy atom. The molecule has 3 aromatic carbocycles. The number of nitrogens with zero attached hydrogens (tertiary/aromatic N) is 1. The van der Waals surface area contributed by atoms with Crippen LogP contribution < -0.4 is 4.90 Å². The van der Waals surface area contributed by atoms with Crippen molar-refractivity contribution in [2.75, 3.05) is 11.4 Å². The molecule has 0 aromatic heterocycles. The number of anilines is 1. The number of para-hydroxylation sites is 1. The van der Waals surface area contributed by atoms with Crippen molar-refractivity contribution in [1.29, 1.82) is 0 Å². The van der Waals surface area contributed by atoms with Crippen LogP contribution in [0.25, 0.3) is 0 Å². The van der Waals surface area contributed by atoms with Gasteiger partial charge in [-0.3, -0.25) is 4.79 Å². The second-order valence-corrected chi connectivity index (χ2v) is 8.34. The number of carbonyl (C=O) groups excluding carboxylic acids is 2. The number of Topliss-reactive ketones (excluding diaryl/α,β-unsaturated/α-hetero) is 1. The lowest BCUT2D eigenvalue weighted by molar-refractivity contribution is -0.175. The van der Waals surface area contributed by atoms with Gasteiger partial charge in [-0.05, 0) is 42.5 Å². The number of hydrogen-bond acceptors (Lipinski definition) is 4. The van der Waals surface area contributed by atoms with Gasteiger partial charge in [0.1, 0.15) is 5.60 Å². The van der Waals surface area contributed by atoms with Crippen molar-refractivity contribution in [3.05, 3.63) is 102 Å². The zero-order chi connectivity index (χ0) is 22.4. The molecule has 0 N–H and O–H groups in total. The highest BCUT2D eigenvalue weighted by molar-refractivity contribution is 6.08. The van der Waals surface area contributed by atoms with Crippen LogP contribution in [0.15, 0.2) is 91.0 Å². The lowest BCUT2D eigenvalue weighted by Crippen LogP contribution is -2.56. The molecule has 32 heavy (non-hydrogen) atoms. The Bertz CT molecular complexity index is 1020. The van der Waals surface area contributed by atoms with E-state index in [0.717, 1.165) is 29.7 Å². The molecule has 1 heterocycles. The fourth-order valence-electron chi connectivity index (χ4n) is 4.54. The Labute approximate surface area is 189 Å². The summed E-state index contributed by atoms with van der Waals surface area (Å²) in [4.78, 5) is 28.8. The fraction of sp³-hybridized carbons (Fsp3) is 0.286. The fourth-order valence-corrected chi connectivity index (χ4v) is 4.54. The van der Waals surface area contributed by atoms with Gasteiger partial charge in [0.05, 0.1) is 6.42 Å². The Kier molecular flexibility index (Phi) is 6.69. The first kappa shape index (κ1) is 21.8. The normalized spacial score (nSPS) is 20.6. The maximum absolute atomic E-state index is 13.6. The third-order valence-corrected chi connectivity index (χ3v) is 6.11. The SMILES string of the molecule is CCCN(c1ccccc1)C1C(=O)CC(CCc2ccccc2)(c2ccccc2)OC1=O. The predicted molar refractivity (Wildman–Crippen MR) is 126 cm³/mol. The van der Waals surface area contributed by atoms with E-state index in [2.05, 4.69) is 12.1 Å². The number of ketones is 1. The first-order valence-corrected chi connectivity index (χ1v) is 11.3. The molecule has 0 saturated carbocycles. The second kappa shape index (κ2) is 9.82. The summed E-state index contributed by atoms with van der Waals surface area (Å²) in [5.41, 5.74) is 1.94. The molecule has 4 nitrogen and oxygen atoms in total. The summed E-state index contributed by atoms with van der Waals surface area (Å²) >= 11 is 0. The number of aryl methyl sites for hydroxylation is 1. The van der Waals surface area contributed by atoms with Gasteiger partial charge in [0.2, 0.25) is 0 Å². The van der Waals surface area contributed by atoms with E-state index >= 15 is 0 Å². The third kappa shape index (κ3) is 4.59. The van der Waals surface area contributed by atoms with Gasteiger partial charge >= 0.3 is 5.97 Å². The molecule has 1 saturated heterocycles.